The van der Waals surface area contributed by atoms with Crippen LogP contribution in [0.1, 0.15) is 10.6 Å². The Morgan fingerprint density at radius 3 is 2.92 bits per heavy atom. The van der Waals surface area contributed by atoms with Crippen molar-refractivity contribution in [1.29, 1.82) is 0 Å². The van der Waals surface area contributed by atoms with Crippen LogP contribution in [0.4, 0.5) is 5.69 Å². The molecule has 0 atom stereocenters. The Labute approximate surface area is 146 Å². The predicted molar refractivity (Wildman–Crippen MR) is 95.8 cm³/mol. The molecule has 26 heavy (non-hydrogen) atoms. The second-order valence-electron chi connectivity index (χ2n) is 5.77. The van der Waals surface area contributed by atoms with Gasteiger partial charge in [0.1, 0.15) is 5.52 Å². The summed E-state index contributed by atoms with van der Waals surface area (Å²) >= 11 is 0. The number of benzene rings is 2. The van der Waals surface area contributed by atoms with Crippen LogP contribution >= 0.6 is 0 Å². The van der Waals surface area contributed by atoms with Gasteiger partial charge < -0.3 is 19.1 Å². The number of nitrogens with one attached hydrogen (secondary N) is 2. The molecule has 7 heteroatoms. The number of H-pyrrole nitrogens is 1. The molecule has 0 aliphatic rings. The monoisotopic (exact) mass is 344 g/mol. The third-order valence-corrected chi connectivity index (χ3v) is 4.06. The van der Waals surface area contributed by atoms with Crippen molar-refractivity contribution in [3.8, 4) is 11.5 Å². The third kappa shape index (κ3) is 2.42. The normalized spacial score (nSPS) is 11.2. The Morgan fingerprint density at radius 1 is 1.08 bits per heavy atom. The Kier molecular flexibility index (Phi) is 3.11. The molecule has 7 nitrogen and oxygen atoms in total. The van der Waals surface area contributed by atoms with Crippen LogP contribution in [-0.4, -0.2) is 20.9 Å². The molecule has 0 unspecified atom stereocenters. The Balaban J connectivity index is 1.48. The number of furan rings is 1. The summed E-state index contributed by atoms with van der Waals surface area (Å²) in [6, 6.07) is 14.3. The summed E-state index contributed by atoms with van der Waals surface area (Å²) in [6.07, 6.45) is 3.10. The Bertz CT molecular complexity index is 1230. The van der Waals surface area contributed by atoms with E-state index in [9.17, 15) is 4.79 Å². The molecule has 1 amide bonds. The number of amides is 1. The number of carbonyl (C=O) groups is 1. The van der Waals surface area contributed by atoms with E-state index in [0.717, 1.165) is 16.6 Å². The van der Waals surface area contributed by atoms with E-state index in [-0.39, 0.29) is 11.7 Å². The zero-order valence-corrected chi connectivity index (χ0v) is 13.4. The number of fused-ring (bicyclic) bond motifs is 2. The van der Waals surface area contributed by atoms with Gasteiger partial charge >= 0.3 is 0 Å². The Morgan fingerprint density at radius 2 is 2.04 bits per heavy atom. The summed E-state index contributed by atoms with van der Waals surface area (Å²) in [4.78, 5) is 23.9. The van der Waals surface area contributed by atoms with Crippen LogP contribution in [0.5, 0.6) is 0 Å². The van der Waals surface area contributed by atoms with E-state index < -0.39 is 0 Å². The minimum atomic E-state index is -0.317. The van der Waals surface area contributed by atoms with Gasteiger partial charge in [0.25, 0.3) is 5.91 Å². The van der Waals surface area contributed by atoms with E-state index in [2.05, 4.69) is 20.3 Å². The molecule has 0 saturated carbocycles. The average Bonchev–Trinajstić information content (AvgIpc) is 3.39. The second kappa shape index (κ2) is 5.59. The highest BCUT2D eigenvalue weighted by Gasteiger charge is 2.12. The first-order valence-electron chi connectivity index (χ1n) is 7.95. The lowest BCUT2D eigenvalue weighted by Gasteiger charge is -2.01. The highest BCUT2D eigenvalue weighted by Crippen LogP contribution is 2.28. The number of hydrogen-bond donors (Lipinski definition) is 2. The van der Waals surface area contributed by atoms with Crippen LogP contribution in [0, 0.1) is 0 Å². The average molecular weight is 344 g/mol. The molecule has 0 spiro atoms. The lowest BCUT2D eigenvalue weighted by atomic mass is 10.2. The molecule has 0 aliphatic carbocycles. The van der Waals surface area contributed by atoms with Gasteiger partial charge in [0.2, 0.25) is 5.89 Å². The molecule has 5 aromatic rings. The van der Waals surface area contributed by atoms with Crippen LogP contribution in [0.3, 0.4) is 0 Å². The minimum Gasteiger partial charge on any atom is -0.459 e. The molecule has 0 saturated heterocycles. The summed E-state index contributed by atoms with van der Waals surface area (Å²) < 4.78 is 10.9. The molecule has 0 aliphatic heterocycles. The van der Waals surface area contributed by atoms with Gasteiger partial charge in [-0.15, -0.1) is 0 Å². The number of hydrogen-bond acceptors (Lipinski definition) is 5. The quantitative estimate of drug-likeness (QED) is 0.511. The van der Waals surface area contributed by atoms with Crippen LogP contribution in [-0.2, 0) is 0 Å². The first kappa shape index (κ1) is 14.5. The predicted octanol–water partition coefficient (Wildman–Crippen LogP) is 4.22. The minimum absolute atomic E-state index is 0.249. The van der Waals surface area contributed by atoms with Crippen LogP contribution in [0.25, 0.3) is 33.6 Å². The van der Waals surface area contributed by atoms with Gasteiger partial charge in [-0.05, 0) is 48.5 Å². The summed E-state index contributed by atoms with van der Waals surface area (Å²) in [5.74, 6) is 0.438. The van der Waals surface area contributed by atoms with Crippen molar-refractivity contribution < 1.29 is 13.6 Å². The van der Waals surface area contributed by atoms with Gasteiger partial charge in [-0.2, -0.15) is 0 Å². The molecule has 0 bridgehead atoms. The molecule has 5 rings (SSSR count). The number of aromatic amines is 1. The maximum absolute atomic E-state index is 12.1. The zero-order chi connectivity index (χ0) is 17.5. The fourth-order valence-corrected chi connectivity index (χ4v) is 2.80. The van der Waals surface area contributed by atoms with Gasteiger partial charge in [0.05, 0.1) is 23.6 Å². The Hall–Kier alpha value is -3.87. The van der Waals surface area contributed by atoms with Crippen molar-refractivity contribution in [1.82, 2.24) is 15.0 Å². The molecule has 3 aromatic heterocycles. The number of anilines is 1. The second-order valence-corrected chi connectivity index (χ2v) is 5.77. The number of nitrogens with zero attached hydrogens (tertiary/aromatic N) is 2. The van der Waals surface area contributed by atoms with Crippen molar-refractivity contribution in [3.63, 3.8) is 0 Å². The molecule has 0 fully saturated rings. The van der Waals surface area contributed by atoms with E-state index in [1.807, 2.05) is 18.2 Å². The fourth-order valence-electron chi connectivity index (χ4n) is 2.80. The fraction of sp³-hybridized carbons (Fsp3) is 0. The van der Waals surface area contributed by atoms with Gasteiger partial charge in [-0.25, -0.2) is 9.97 Å². The van der Waals surface area contributed by atoms with Gasteiger partial charge in [-0.3, -0.25) is 4.79 Å². The van der Waals surface area contributed by atoms with Crippen molar-refractivity contribution in [3.05, 3.63) is 66.9 Å². The molecule has 2 N–H and O–H groups in total. The van der Waals surface area contributed by atoms with Gasteiger partial charge in [-0.1, -0.05) is 0 Å². The summed E-state index contributed by atoms with van der Waals surface area (Å²) in [6.45, 7) is 0. The van der Waals surface area contributed by atoms with E-state index in [1.54, 1.807) is 36.7 Å². The van der Waals surface area contributed by atoms with E-state index in [4.69, 9.17) is 8.83 Å². The maximum atomic E-state index is 12.1. The summed E-state index contributed by atoms with van der Waals surface area (Å²) in [5.41, 5.74) is 4.55. The van der Waals surface area contributed by atoms with Crippen molar-refractivity contribution >= 4 is 33.7 Å². The number of aromatic nitrogens is 3. The van der Waals surface area contributed by atoms with E-state index in [0.29, 0.717) is 22.7 Å². The topological polar surface area (TPSA) is 97.0 Å². The van der Waals surface area contributed by atoms with Crippen LogP contribution in [0.15, 0.2) is 70.0 Å². The van der Waals surface area contributed by atoms with Crippen molar-refractivity contribution in [2.75, 3.05) is 5.32 Å². The first-order valence-corrected chi connectivity index (χ1v) is 7.95. The number of carbonyl (C=O) groups excluding carboxylic acids is 1. The molecule has 0 radical (unpaired) electrons. The molecule has 2 aromatic carbocycles. The van der Waals surface area contributed by atoms with Gasteiger partial charge in [0, 0.05) is 11.3 Å². The smallest absolute Gasteiger partial charge is 0.291 e. The van der Waals surface area contributed by atoms with E-state index >= 15 is 0 Å². The first-order chi connectivity index (χ1) is 12.8. The molecule has 3 heterocycles. The maximum Gasteiger partial charge on any atom is 0.291 e. The third-order valence-electron chi connectivity index (χ3n) is 4.06. The summed E-state index contributed by atoms with van der Waals surface area (Å²) in [5, 5.41) is 2.78. The van der Waals surface area contributed by atoms with Crippen LogP contribution in [0.2, 0.25) is 0 Å². The number of rotatable bonds is 3. The van der Waals surface area contributed by atoms with Crippen LogP contribution < -0.4 is 5.32 Å². The molecule has 126 valence electrons. The molecular formula is C19H12N4O3. The largest absolute Gasteiger partial charge is 0.459 e. The van der Waals surface area contributed by atoms with Crippen molar-refractivity contribution in [2.45, 2.75) is 0 Å². The summed E-state index contributed by atoms with van der Waals surface area (Å²) in [7, 11) is 0. The van der Waals surface area contributed by atoms with E-state index in [1.165, 1.54) is 6.26 Å². The standard InChI is InChI=1S/C19H12N4O3/c24-18(17-2-1-7-25-17)22-12-4-6-16-15(9-12)23-19(26-16)11-3-5-13-14(8-11)21-10-20-13/h1-10H,(H,20,21)(H,22,24). The zero-order valence-electron chi connectivity index (χ0n) is 13.4. The van der Waals surface area contributed by atoms with Crippen molar-refractivity contribution in [2.24, 2.45) is 0 Å². The SMILES string of the molecule is O=C(Nc1ccc2oc(-c3ccc4nc[nH]c4c3)nc2c1)c1ccco1. The molecular weight excluding hydrogens is 332 g/mol. The lowest BCUT2D eigenvalue weighted by Crippen LogP contribution is -2.10. The lowest BCUT2D eigenvalue weighted by molar-refractivity contribution is 0.0996. The number of oxazole rings is 1. The highest BCUT2D eigenvalue weighted by atomic mass is 16.3. The number of imidazole rings is 1. The van der Waals surface area contributed by atoms with Gasteiger partial charge in [0.15, 0.2) is 11.3 Å². The highest BCUT2D eigenvalue weighted by molar-refractivity contribution is 6.03.